The first-order valence-electron chi connectivity index (χ1n) is 10.2. The lowest BCUT2D eigenvalue weighted by molar-refractivity contribution is 0.0728. The van der Waals surface area contributed by atoms with E-state index in [2.05, 4.69) is 15.3 Å². The van der Waals surface area contributed by atoms with Crippen LogP contribution in [0.1, 0.15) is 48.3 Å². The Balaban J connectivity index is 1.71. The number of thiophene rings is 1. The van der Waals surface area contributed by atoms with Gasteiger partial charge in [0.2, 0.25) is 0 Å². The zero-order valence-corrected chi connectivity index (χ0v) is 18.2. The van der Waals surface area contributed by atoms with Gasteiger partial charge < -0.3 is 15.0 Å². The molecule has 3 heterocycles. The van der Waals surface area contributed by atoms with Crippen molar-refractivity contribution < 1.29 is 13.9 Å². The van der Waals surface area contributed by atoms with Crippen molar-refractivity contribution in [1.29, 1.82) is 0 Å². The van der Waals surface area contributed by atoms with Crippen LogP contribution in [-0.2, 0) is 0 Å². The highest BCUT2D eigenvalue weighted by atomic mass is 32.1. The van der Waals surface area contributed by atoms with E-state index < -0.39 is 0 Å². The van der Waals surface area contributed by atoms with Crippen LogP contribution < -0.4 is 10.1 Å². The van der Waals surface area contributed by atoms with E-state index in [1.165, 1.54) is 36.2 Å². The molecule has 1 fully saturated rings. The minimum Gasteiger partial charge on any atom is -0.489 e. The second kappa shape index (κ2) is 8.55. The van der Waals surface area contributed by atoms with Crippen molar-refractivity contribution in [3.05, 3.63) is 40.8 Å². The number of rotatable bonds is 5. The second-order valence-electron chi connectivity index (χ2n) is 7.74. The van der Waals surface area contributed by atoms with Crippen LogP contribution in [0.4, 0.5) is 15.9 Å². The Bertz CT molecular complexity index is 1080. The number of fused-ring (bicyclic) bond motifs is 1. The second-order valence-corrected chi connectivity index (χ2v) is 8.74. The molecule has 1 N–H and O–H groups in total. The average molecular weight is 429 g/mol. The van der Waals surface area contributed by atoms with Crippen molar-refractivity contribution >= 4 is 39.0 Å². The number of halogens is 1. The fraction of sp³-hybridized carbons (Fsp3) is 0.409. The van der Waals surface area contributed by atoms with Gasteiger partial charge in [-0.15, -0.1) is 11.3 Å². The van der Waals surface area contributed by atoms with Crippen LogP contribution in [0.5, 0.6) is 5.75 Å². The Morgan fingerprint density at radius 2 is 2.00 bits per heavy atom. The van der Waals surface area contributed by atoms with Crippen LogP contribution in [0.15, 0.2) is 24.5 Å². The number of carbonyl (C=O) groups excluding carboxylic acids is 1. The number of anilines is 2. The summed E-state index contributed by atoms with van der Waals surface area (Å²) in [7, 11) is 0. The number of hydrogen-bond acceptors (Lipinski definition) is 6. The molecule has 6 nitrogen and oxygen atoms in total. The molecule has 0 unspecified atom stereocenters. The summed E-state index contributed by atoms with van der Waals surface area (Å²) in [4.78, 5) is 25.2. The normalized spacial score (nSPS) is 14.4. The Morgan fingerprint density at radius 3 is 2.73 bits per heavy atom. The molecule has 2 aromatic heterocycles. The molecule has 4 rings (SSSR count). The molecule has 1 aliphatic heterocycles. The van der Waals surface area contributed by atoms with E-state index in [0.29, 0.717) is 22.1 Å². The number of aromatic nitrogens is 2. The van der Waals surface area contributed by atoms with Crippen LogP contribution in [0.2, 0.25) is 0 Å². The van der Waals surface area contributed by atoms with Gasteiger partial charge in [-0.2, -0.15) is 0 Å². The van der Waals surface area contributed by atoms with E-state index in [4.69, 9.17) is 4.74 Å². The molecule has 1 amide bonds. The quantitative estimate of drug-likeness (QED) is 0.598. The van der Waals surface area contributed by atoms with Crippen LogP contribution in [0.3, 0.4) is 0 Å². The van der Waals surface area contributed by atoms with Gasteiger partial charge in [-0.3, -0.25) is 4.79 Å². The van der Waals surface area contributed by atoms with Gasteiger partial charge in [0.1, 0.15) is 28.5 Å². The highest BCUT2D eigenvalue weighted by Gasteiger charge is 2.25. The molecule has 0 atom stereocenters. The number of ether oxygens (including phenoxy) is 1. The molecular formula is C22H25FN4O2S. The molecule has 0 radical (unpaired) electrons. The molecule has 1 saturated heterocycles. The van der Waals surface area contributed by atoms with Crippen LogP contribution >= 0.6 is 11.3 Å². The standard InChI is InChI=1S/C22H25FN4O2S/c1-13(2)29-17-11-15(23)7-8-16(17)26-20-18-14(3)19(30-21(18)25-12-24-20)22(28)27-9-5-4-6-10-27/h7-8,11-13H,4-6,9-10H2,1-3H3,(H,24,25,26). The van der Waals surface area contributed by atoms with Crippen LogP contribution in [-0.4, -0.2) is 40.0 Å². The van der Waals surface area contributed by atoms with Gasteiger partial charge in [0.25, 0.3) is 5.91 Å². The first-order valence-corrected chi connectivity index (χ1v) is 11.0. The maximum Gasteiger partial charge on any atom is 0.264 e. The molecule has 0 aliphatic carbocycles. The lowest BCUT2D eigenvalue weighted by Gasteiger charge is -2.26. The molecular weight excluding hydrogens is 403 g/mol. The highest BCUT2D eigenvalue weighted by molar-refractivity contribution is 7.20. The zero-order chi connectivity index (χ0) is 21.3. The van der Waals surface area contributed by atoms with Crippen molar-refractivity contribution in [2.45, 2.75) is 46.1 Å². The van der Waals surface area contributed by atoms with E-state index in [1.807, 2.05) is 25.7 Å². The van der Waals surface area contributed by atoms with Crippen molar-refractivity contribution in [3.63, 3.8) is 0 Å². The van der Waals surface area contributed by atoms with Gasteiger partial charge in [0.15, 0.2) is 0 Å². The SMILES string of the molecule is Cc1c(C(=O)N2CCCCC2)sc2ncnc(Nc3ccc(F)cc3OC(C)C)c12. The molecule has 8 heteroatoms. The number of carbonyl (C=O) groups is 1. The van der Waals surface area contributed by atoms with E-state index in [0.717, 1.165) is 41.7 Å². The van der Waals surface area contributed by atoms with E-state index in [1.54, 1.807) is 6.07 Å². The predicted molar refractivity (Wildman–Crippen MR) is 117 cm³/mol. The summed E-state index contributed by atoms with van der Waals surface area (Å²) in [6.45, 7) is 7.31. The van der Waals surface area contributed by atoms with Gasteiger partial charge in [-0.05, 0) is 57.7 Å². The van der Waals surface area contributed by atoms with E-state index in [9.17, 15) is 9.18 Å². The largest absolute Gasteiger partial charge is 0.489 e. The fourth-order valence-electron chi connectivity index (χ4n) is 3.69. The van der Waals surface area contributed by atoms with Gasteiger partial charge in [-0.25, -0.2) is 14.4 Å². The van der Waals surface area contributed by atoms with E-state index >= 15 is 0 Å². The number of piperidine rings is 1. The smallest absolute Gasteiger partial charge is 0.264 e. The van der Waals surface area contributed by atoms with Crippen molar-refractivity contribution in [3.8, 4) is 5.75 Å². The lowest BCUT2D eigenvalue weighted by atomic mass is 10.1. The summed E-state index contributed by atoms with van der Waals surface area (Å²) < 4.78 is 19.5. The molecule has 0 saturated carbocycles. The fourth-order valence-corrected chi connectivity index (χ4v) is 4.81. The van der Waals surface area contributed by atoms with Gasteiger partial charge in [0, 0.05) is 19.2 Å². The average Bonchev–Trinajstić information content (AvgIpc) is 3.07. The highest BCUT2D eigenvalue weighted by Crippen LogP contribution is 2.37. The number of amides is 1. The Labute approximate surface area is 179 Å². The van der Waals surface area contributed by atoms with Crippen LogP contribution in [0.25, 0.3) is 10.2 Å². The predicted octanol–water partition coefficient (Wildman–Crippen LogP) is 5.30. The minimum absolute atomic E-state index is 0.0618. The summed E-state index contributed by atoms with van der Waals surface area (Å²) in [5.74, 6) is 0.679. The number of hydrogen-bond donors (Lipinski definition) is 1. The first-order chi connectivity index (χ1) is 14.4. The summed E-state index contributed by atoms with van der Waals surface area (Å²) in [5, 5.41) is 4.07. The molecule has 0 bridgehead atoms. The minimum atomic E-state index is -0.370. The van der Waals surface area contributed by atoms with Crippen molar-refractivity contribution in [2.75, 3.05) is 18.4 Å². The lowest BCUT2D eigenvalue weighted by Crippen LogP contribution is -2.35. The van der Waals surface area contributed by atoms with Crippen molar-refractivity contribution in [1.82, 2.24) is 14.9 Å². The molecule has 3 aromatic rings. The molecule has 1 aliphatic rings. The Morgan fingerprint density at radius 1 is 1.23 bits per heavy atom. The van der Waals surface area contributed by atoms with Gasteiger partial charge >= 0.3 is 0 Å². The first kappa shape index (κ1) is 20.5. The maximum absolute atomic E-state index is 13.7. The molecule has 0 spiro atoms. The third-order valence-electron chi connectivity index (χ3n) is 5.12. The zero-order valence-electron chi connectivity index (χ0n) is 17.4. The third-order valence-corrected chi connectivity index (χ3v) is 6.31. The Hall–Kier alpha value is -2.74. The van der Waals surface area contributed by atoms with E-state index in [-0.39, 0.29) is 17.8 Å². The monoisotopic (exact) mass is 428 g/mol. The Kier molecular flexibility index (Phi) is 5.85. The number of aryl methyl sites for hydroxylation is 1. The third kappa shape index (κ3) is 4.09. The van der Waals surface area contributed by atoms with Crippen molar-refractivity contribution in [2.24, 2.45) is 0 Å². The molecule has 1 aromatic carbocycles. The summed E-state index contributed by atoms with van der Waals surface area (Å²) in [6, 6.07) is 4.36. The number of nitrogens with one attached hydrogen (secondary N) is 1. The molecule has 158 valence electrons. The molecule has 30 heavy (non-hydrogen) atoms. The summed E-state index contributed by atoms with van der Waals surface area (Å²) in [5.41, 5.74) is 1.47. The number of likely N-dealkylation sites (tertiary alicyclic amines) is 1. The summed E-state index contributed by atoms with van der Waals surface area (Å²) in [6.07, 6.45) is 4.64. The van der Waals surface area contributed by atoms with Gasteiger partial charge in [-0.1, -0.05) is 0 Å². The van der Waals surface area contributed by atoms with Crippen LogP contribution in [0, 0.1) is 12.7 Å². The number of benzene rings is 1. The number of nitrogens with zero attached hydrogens (tertiary/aromatic N) is 3. The summed E-state index contributed by atoms with van der Waals surface area (Å²) >= 11 is 1.39. The topological polar surface area (TPSA) is 67.4 Å². The maximum atomic E-state index is 13.7. The van der Waals surface area contributed by atoms with Gasteiger partial charge in [0.05, 0.1) is 22.1 Å².